The molecule has 0 spiro atoms. The number of ether oxygens (including phenoxy) is 1. The Bertz CT molecular complexity index is 652. The van der Waals surface area contributed by atoms with Crippen molar-refractivity contribution in [2.75, 3.05) is 7.11 Å². The molecule has 1 aromatic heterocycles. The zero-order valence-electron chi connectivity index (χ0n) is 11.7. The standard InChI is InChI=1S/C15H15BrClFO2/c1-7-8(2)20-9(3)14(7)15(17)10-5-11(16)12(18)6-13(10)19-4/h5-6,15H,1-4H3. The van der Waals surface area contributed by atoms with E-state index in [1.807, 2.05) is 20.8 Å². The number of benzene rings is 1. The Morgan fingerprint density at radius 3 is 2.40 bits per heavy atom. The minimum Gasteiger partial charge on any atom is -0.496 e. The summed E-state index contributed by atoms with van der Waals surface area (Å²) >= 11 is 9.76. The van der Waals surface area contributed by atoms with Crippen LogP contribution in [0.25, 0.3) is 0 Å². The number of halogens is 3. The Labute approximate surface area is 131 Å². The summed E-state index contributed by atoms with van der Waals surface area (Å²) in [6, 6.07) is 2.97. The lowest BCUT2D eigenvalue weighted by molar-refractivity contribution is 0.406. The average molecular weight is 362 g/mol. The molecule has 1 aromatic carbocycles. The van der Waals surface area contributed by atoms with Gasteiger partial charge >= 0.3 is 0 Å². The lowest BCUT2D eigenvalue weighted by atomic mass is 10.00. The van der Waals surface area contributed by atoms with Crippen LogP contribution in [0.3, 0.4) is 0 Å². The molecule has 0 radical (unpaired) electrons. The SMILES string of the molecule is COc1cc(F)c(Br)cc1C(Cl)c1c(C)oc(C)c1C. The van der Waals surface area contributed by atoms with Crippen molar-refractivity contribution in [2.24, 2.45) is 0 Å². The Morgan fingerprint density at radius 2 is 1.90 bits per heavy atom. The maximum absolute atomic E-state index is 13.6. The summed E-state index contributed by atoms with van der Waals surface area (Å²) in [6.45, 7) is 5.73. The van der Waals surface area contributed by atoms with Crippen LogP contribution in [0, 0.1) is 26.6 Å². The van der Waals surface area contributed by atoms with Crippen LogP contribution < -0.4 is 4.74 Å². The molecule has 0 aliphatic rings. The van der Waals surface area contributed by atoms with Gasteiger partial charge in [0.15, 0.2) is 0 Å². The highest BCUT2D eigenvalue weighted by Gasteiger charge is 2.24. The first-order chi connectivity index (χ1) is 9.36. The first-order valence-corrected chi connectivity index (χ1v) is 7.33. The number of furan rings is 1. The molecule has 0 fully saturated rings. The second-order valence-electron chi connectivity index (χ2n) is 4.62. The number of hydrogen-bond acceptors (Lipinski definition) is 2. The fourth-order valence-corrected chi connectivity index (χ4v) is 3.11. The molecule has 108 valence electrons. The van der Waals surface area contributed by atoms with Crippen molar-refractivity contribution in [1.29, 1.82) is 0 Å². The van der Waals surface area contributed by atoms with Gasteiger partial charge in [-0.3, -0.25) is 0 Å². The Kier molecular flexibility index (Phi) is 4.45. The van der Waals surface area contributed by atoms with Gasteiger partial charge in [0.1, 0.15) is 23.1 Å². The third-order valence-electron chi connectivity index (χ3n) is 3.42. The zero-order chi connectivity index (χ0) is 15.0. The summed E-state index contributed by atoms with van der Waals surface area (Å²) in [6.07, 6.45) is 0. The van der Waals surface area contributed by atoms with Crippen LogP contribution in [0.2, 0.25) is 0 Å². The van der Waals surface area contributed by atoms with Crippen molar-refractivity contribution in [1.82, 2.24) is 0 Å². The van der Waals surface area contributed by atoms with Gasteiger partial charge in [0.2, 0.25) is 0 Å². The van der Waals surface area contributed by atoms with Crippen LogP contribution in [0.15, 0.2) is 21.0 Å². The molecule has 2 aromatic rings. The van der Waals surface area contributed by atoms with Crippen LogP contribution >= 0.6 is 27.5 Å². The molecular weight excluding hydrogens is 347 g/mol. The van der Waals surface area contributed by atoms with E-state index in [-0.39, 0.29) is 5.82 Å². The van der Waals surface area contributed by atoms with Crippen molar-refractivity contribution >= 4 is 27.5 Å². The third-order valence-corrected chi connectivity index (χ3v) is 4.48. The lowest BCUT2D eigenvalue weighted by Gasteiger charge is -2.15. The summed E-state index contributed by atoms with van der Waals surface area (Å²) in [5.41, 5.74) is 2.61. The Hall–Kier alpha value is -1.00. The van der Waals surface area contributed by atoms with Gasteiger partial charge in [-0.25, -0.2) is 4.39 Å². The number of hydrogen-bond donors (Lipinski definition) is 0. The van der Waals surface area contributed by atoms with Crippen molar-refractivity contribution in [3.63, 3.8) is 0 Å². The topological polar surface area (TPSA) is 22.4 Å². The molecule has 2 nitrogen and oxygen atoms in total. The molecule has 0 amide bonds. The zero-order valence-corrected chi connectivity index (χ0v) is 14.0. The lowest BCUT2D eigenvalue weighted by Crippen LogP contribution is -2.01. The second-order valence-corrected chi connectivity index (χ2v) is 5.91. The van der Waals surface area contributed by atoms with E-state index < -0.39 is 5.38 Å². The molecule has 2 rings (SSSR count). The molecule has 5 heteroatoms. The molecule has 0 aliphatic carbocycles. The highest BCUT2D eigenvalue weighted by Crippen LogP contribution is 2.41. The number of rotatable bonds is 3. The third kappa shape index (κ3) is 2.59. The number of aryl methyl sites for hydroxylation is 2. The van der Waals surface area contributed by atoms with Crippen molar-refractivity contribution < 1.29 is 13.5 Å². The van der Waals surface area contributed by atoms with Gasteiger partial charge < -0.3 is 9.15 Å². The molecular formula is C15H15BrClFO2. The summed E-state index contributed by atoms with van der Waals surface area (Å²) in [4.78, 5) is 0. The quantitative estimate of drug-likeness (QED) is 0.679. The maximum atomic E-state index is 13.6. The maximum Gasteiger partial charge on any atom is 0.141 e. The summed E-state index contributed by atoms with van der Waals surface area (Å²) in [7, 11) is 1.50. The van der Waals surface area contributed by atoms with Gasteiger partial charge in [0.25, 0.3) is 0 Å². The molecule has 1 unspecified atom stereocenters. The molecule has 20 heavy (non-hydrogen) atoms. The van der Waals surface area contributed by atoms with Gasteiger partial charge in [0.05, 0.1) is 17.0 Å². The minimum atomic E-state index is -0.459. The van der Waals surface area contributed by atoms with E-state index in [9.17, 15) is 4.39 Å². The fraction of sp³-hybridized carbons (Fsp3) is 0.333. The highest BCUT2D eigenvalue weighted by molar-refractivity contribution is 9.10. The van der Waals surface area contributed by atoms with E-state index in [0.717, 1.165) is 22.6 Å². The molecule has 0 saturated carbocycles. The normalized spacial score (nSPS) is 12.6. The monoisotopic (exact) mass is 360 g/mol. The molecule has 0 bridgehead atoms. The van der Waals surface area contributed by atoms with Gasteiger partial charge in [0, 0.05) is 17.2 Å². The molecule has 0 N–H and O–H groups in total. The average Bonchev–Trinajstić information content (AvgIpc) is 2.65. The van der Waals surface area contributed by atoms with E-state index in [1.54, 1.807) is 6.07 Å². The second kappa shape index (κ2) is 5.78. The smallest absolute Gasteiger partial charge is 0.141 e. The van der Waals surface area contributed by atoms with Crippen LogP contribution in [0.4, 0.5) is 4.39 Å². The number of methoxy groups -OCH3 is 1. The first kappa shape index (κ1) is 15.4. The van der Waals surface area contributed by atoms with Gasteiger partial charge in [-0.2, -0.15) is 0 Å². The van der Waals surface area contributed by atoms with Crippen molar-refractivity contribution in [3.8, 4) is 5.75 Å². The number of alkyl halides is 1. The van der Waals surface area contributed by atoms with Crippen LogP contribution in [0.5, 0.6) is 5.75 Å². The van der Waals surface area contributed by atoms with Gasteiger partial charge in [-0.05, 0) is 48.3 Å². The van der Waals surface area contributed by atoms with E-state index in [1.165, 1.54) is 13.2 Å². The summed E-state index contributed by atoms with van der Waals surface area (Å²) in [5.74, 6) is 1.64. The predicted molar refractivity (Wildman–Crippen MR) is 81.3 cm³/mol. The molecule has 1 heterocycles. The minimum absolute atomic E-state index is 0.356. The van der Waals surface area contributed by atoms with Crippen LogP contribution in [0.1, 0.15) is 33.6 Å². The van der Waals surface area contributed by atoms with Gasteiger partial charge in [-0.1, -0.05) is 0 Å². The van der Waals surface area contributed by atoms with Gasteiger partial charge in [-0.15, -0.1) is 11.6 Å². The van der Waals surface area contributed by atoms with E-state index in [4.69, 9.17) is 20.8 Å². The molecule has 0 aliphatic heterocycles. The summed E-state index contributed by atoms with van der Waals surface area (Å²) < 4.78 is 24.8. The largest absolute Gasteiger partial charge is 0.496 e. The Morgan fingerprint density at radius 1 is 1.25 bits per heavy atom. The predicted octanol–water partition coefficient (Wildman–Crippen LogP) is 5.44. The fourth-order valence-electron chi connectivity index (χ4n) is 2.26. The van der Waals surface area contributed by atoms with Crippen LogP contribution in [-0.4, -0.2) is 7.11 Å². The van der Waals surface area contributed by atoms with E-state index in [2.05, 4.69) is 15.9 Å². The molecule has 1 atom stereocenters. The van der Waals surface area contributed by atoms with E-state index in [0.29, 0.717) is 15.8 Å². The first-order valence-electron chi connectivity index (χ1n) is 6.10. The van der Waals surface area contributed by atoms with Crippen molar-refractivity contribution in [2.45, 2.75) is 26.1 Å². The van der Waals surface area contributed by atoms with E-state index >= 15 is 0 Å². The highest BCUT2D eigenvalue weighted by atomic mass is 79.9. The summed E-state index contributed by atoms with van der Waals surface area (Å²) in [5, 5.41) is -0.459. The molecule has 0 saturated heterocycles. The van der Waals surface area contributed by atoms with Crippen LogP contribution in [-0.2, 0) is 0 Å². The van der Waals surface area contributed by atoms with Crippen molar-refractivity contribution in [3.05, 3.63) is 50.6 Å². The Balaban J connectivity index is 2.58.